The molecule has 19 heavy (non-hydrogen) atoms. The fourth-order valence-corrected chi connectivity index (χ4v) is 1.77. The third-order valence-corrected chi connectivity index (χ3v) is 2.96. The van der Waals surface area contributed by atoms with Gasteiger partial charge < -0.3 is 15.5 Å². The van der Waals surface area contributed by atoms with Gasteiger partial charge in [-0.15, -0.1) is 22.0 Å². The van der Waals surface area contributed by atoms with Gasteiger partial charge in [0.1, 0.15) is 16.3 Å². The van der Waals surface area contributed by atoms with Crippen LogP contribution in [-0.2, 0) is 0 Å². The summed E-state index contributed by atoms with van der Waals surface area (Å²) in [5.74, 6) is -0.782. The monoisotopic (exact) mass is 277 g/mol. The summed E-state index contributed by atoms with van der Waals surface area (Å²) in [6.45, 7) is 0. The molecule has 0 saturated carbocycles. The van der Waals surface area contributed by atoms with Crippen molar-refractivity contribution >= 4 is 29.2 Å². The summed E-state index contributed by atoms with van der Waals surface area (Å²) in [7, 11) is 0. The zero-order chi connectivity index (χ0) is 13.8. The van der Waals surface area contributed by atoms with E-state index >= 15 is 0 Å². The van der Waals surface area contributed by atoms with E-state index in [1.165, 1.54) is 30.0 Å². The summed E-state index contributed by atoms with van der Waals surface area (Å²) in [5, 5.41) is 29.5. The normalized spacial score (nSPS) is 10.2. The Morgan fingerprint density at radius 3 is 2.53 bits per heavy atom. The van der Waals surface area contributed by atoms with E-state index in [-0.39, 0.29) is 17.1 Å². The number of hydrogen-bond acceptors (Lipinski definition) is 6. The van der Waals surface area contributed by atoms with Gasteiger partial charge in [0.2, 0.25) is 0 Å². The smallest absolute Gasteiger partial charge is 0.339 e. The molecule has 0 saturated heterocycles. The van der Waals surface area contributed by atoms with Crippen molar-refractivity contribution < 1.29 is 15.0 Å². The van der Waals surface area contributed by atoms with Crippen LogP contribution in [0.5, 0.6) is 5.75 Å². The second-order valence-electron chi connectivity index (χ2n) is 3.63. The molecule has 0 radical (unpaired) electrons. The summed E-state index contributed by atoms with van der Waals surface area (Å²) in [5.41, 5.74) is 0.666. The van der Waals surface area contributed by atoms with Gasteiger partial charge in [-0.25, -0.2) is 4.79 Å². The molecule has 0 spiro atoms. The Morgan fingerprint density at radius 2 is 1.95 bits per heavy atom. The molecule has 0 aliphatic rings. The van der Waals surface area contributed by atoms with Crippen molar-refractivity contribution in [3.63, 3.8) is 0 Å². The van der Waals surface area contributed by atoms with E-state index in [9.17, 15) is 9.90 Å². The van der Waals surface area contributed by atoms with Gasteiger partial charge in [-0.05, 0) is 36.6 Å². The first-order valence-corrected chi connectivity index (χ1v) is 6.53. The van der Waals surface area contributed by atoms with Gasteiger partial charge in [-0.1, -0.05) is 0 Å². The average molecular weight is 277 g/mol. The number of carbonyl (C=O) groups is 1. The highest BCUT2D eigenvalue weighted by Gasteiger charge is 2.14. The number of carboxylic acids is 1. The summed E-state index contributed by atoms with van der Waals surface area (Å²) in [6.07, 6.45) is 1.79. The lowest BCUT2D eigenvalue weighted by atomic mass is 10.2. The molecule has 0 amide bonds. The number of hydrogen-bond donors (Lipinski definition) is 3. The van der Waals surface area contributed by atoms with Gasteiger partial charge in [0.25, 0.3) is 0 Å². The first-order chi connectivity index (χ1) is 9.10. The predicted molar refractivity (Wildman–Crippen MR) is 72.2 cm³/mol. The molecule has 0 bridgehead atoms. The number of aromatic nitrogens is 2. The Hall–Kier alpha value is -2.28. The Labute approximate surface area is 113 Å². The van der Waals surface area contributed by atoms with Crippen LogP contribution in [0.4, 0.5) is 11.5 Å². The molecule has 2 aromatic rings. The molecule has 6 nitrogen and oxygen atoms in total. The maximum atomic E-state index is 11.2. The Balaban J connectivity index is 2.33. The summed E-state index contributed by atoms with van der Waals surface area (Å²) in [4.78, 5) is 11.2. The molecule has 7 heteroatoms. The minimum atomic E-state index is -1.08. The number of thioether (sulfide) groups is 1. The number of carboxylic acid groups (broad SMARTS) is 1. The highest BCUT2D eigenvalue weighted by Crippen LogP contribution is 2.22. The van der Waals surface area contributed by atoms with Gasteiger partial charge in [-0.2, -0.15) is 0 Å². The Morgan fingerprint density at radius 1 is 1.26 bits per heavy atom. The highest BCUT2D eigenvalue weighted by atomic mass is 32.2. The Kier molecular flexibility index (Phi) is 3.86. The van der Waals surface area contributed by atoms with Crippen LogP contribution in [0, 0.1) is 0 Å². The van der Waals surface area contributed by atoms with Crippen LogP contribution in [0.15, 0.2) is 35.4 Å². The van der Waals surface area contributed by atoms with Crippen LogP contribution >= 0.6 is 11.8 Å². The number of rotatable bonds is 4. The van der Waals surface area contributed by atoms with E-state index < -0.39 is 5.97 Å². The number of benzene rings is 1. The number of aromatic hydroxyl groups is 1. The third kappa shape index (κ3) is 3.14. The zero-order valence-corrected chi connectivity index (χ0v) is 10.8. The van der Waals surface area contributed by atoms with Crippen molar-refractivity contribution in [3.05, 3.63) is 35.9 Å². The largest absolute Gasteiger partial charge is 0.508 e. The van der Waals surface area contributed by atoms with E-state index in [1.807, 2.05) is 0 Å². The van der Waals surface area contributed by atoms with Gasteiger partial charge >= 0.3 is 5.97 Å². The lowest BCUT2D eigenvalue weighted by Crippen LogP contribution is -2.06. The molecule has 0 aliphatic heterocycles. The molecule has 2 rings (SSSR count). The van der Waals surface area contributed by atoms with Gasteiger partial charge in [0, 0.05) is 5.69 Å². The van der Waals surface area contributed by atoms with Crippen molar-refractivity contribution in [2.45, 2.75) is 5.03 Å². The molecule has 0 atom stereocenters. The fourth-order valence-electron chi connectivity index (χ4n) is 1.41. The summed E-state index contributed by atoms with van der Waals surface area (Å²) < 4.78 is 0. The van der Waals surface area contributed by atoms with Crippen LogP contribution in [-0.4, -0.2) is 32.6 Å². The number of aromatic carboxylic acids is 1. The first-order valence-electron chi connectivity index (χ1n) is 5.31. The van der Waals surface area contributed by atoms with Crippen molar-refractivity contribution in [1.29, 1.82) is 0 Å². The SMILES string of the molecule is CSc1cc(C(=O)O)c(Nc2ccc(O)cc2)nn1. The van der Waals surface area contributed by atoms with Crippen LogP contribution < -0.4 is 5.32 Å². The second kappa shape index (κ2) is 5.57. The second-order valence-corrected chi connectivity index (χ2v) is 4.45. The number of phenols is 1. The maximum Gasteiger partial charge on any atom is 0.339 e. The molecule has 1 aromatic carbocycles. The van der Waals surface area contributed by atoms with E-state index in [4.69, 9.17) is 5.11 Å². The minimum absolute atomic E-state index is 0.0485. The van der Waals surface area contributed by atoms with Gasteiger partial charge in [-0.3, -0.25) is 0 Å². The van der Waals surface area contributed by atoms with Crippen molar-refractivity contribution in [3.8, 4) is 5.75 Å². The predicted octanol–water partition coefficient (Wildman–Crippen LogP) is 2.35. The number of nitrogens with zero attached hydrogens (tertiary/aromatic N) is 2. The number of phenolic OH excluding ortho intramolecular Hbond substituents is 1. The topological polar surface area (TPSA) is 95.3 Å². The zero-order valence-electron chi connectivity index (χ0n) is 9.99. The quantitative estimate of drug-likeness (QED) is 0.583. The Bertz CT molecular complexity index is 602. The number of nitrogens with one attached hydrogen (secondary N) is 1. The molecule has 0 aliphatic carbocycles. The van der Waals surface area contributed by atoms with E-state index in [2.05, 4.69) is 15.5 Å². The maximum absolute atomic E-state index is 11.2. The van der Waals surface area contributed by atoms with Crippen molar-refractivity contribution in [2.24, 2.45) is 0 Å². The molecule has 1 heterocycles. The molecule has 98 valence electrons. The molecule has 3 N–H and O–H groups in total. The van der Waals surface area contributed by atoms with E-state index in [1.54, 1.807) is 18.4 Å². The summed E-state index contributed by atoms with van der Waals surface area (Å²) in [6, 6.07) is 7.68. The fraction of sp³-hybridized carbons (Fsp3) is 0.0833. The van der Waals surface area contributed by atoms with Gasteiger partial charge in [0.05, 0.1) is 0 Å². The van der Waals surface area contributed by atoms with Crippen LogP contribution in [0.2, 0.25) is 0 Å². The van der Waals surface area contributed by atoms with E-state index in [0.717, 1.165) is 0 Å². The minimum Gasteiger partial charge on any atom is -0.508 e. The van der Waals surface area contributed by atoms with Crippen LogP contribution in [0.25, 0.3) is 0 Å². The highest BCUT2D eigenvalue weighted by molar-refractivity contribution is 7.98. The van der Waals surface area contributed by atoms with Crippen LogP contribution in [0.1, 0.15) is 10.4 Å². The lowest BCUT2D eigenvalue weighted by molar-refractivity contribution is 0.0697. The lowest BCUT2D eigenvalue weighted by Gasteiger charge is -2.08. The van der Waals surface area contributed by atoms with Gasteiger partial charge in [0.15, 0.2) is 5.82 Å². The molecule has 0 fully saturated rings. The van der Waals surface area contributed by atoms with Crippen LogP contribution in [0.3, 0.4) is 0 Å². The summed E-state index contributed by atoms with van der Waals surface area (Å²) >= 11 is 1.32. The van der Waals surface area contributed by atoms with E-state index in [0.29, 0.717) is 10.7 Å². The third-order valence-electron chi connectivity index (χ3n) is 2.34. The molecular weight excluding hydrogens is 266 g/mol. The number of anilines is 2. The van der Waals surface area contributed by atoms with Crippen molar-refractivity contribution in [2.75, 3.05) is 11.6 Å². The standard InChI is InChI=1S/C12H11N3O3S/c1-19-10-6-9(12(17)18)11(15-14-10)13-7-2-4-8(16)5-3-7/h2-6,16H,1H3,(H,13,15)(H,17,18). The molecule has 1 aromatic heterocycles. The average Bonchev–Trinajstić information content (AvgIpc) is 2.41. The van der Waals surface area contributed by atoms with Crippen molar-refractivity contribution in [1.82, 2.24) is 10.2 Å². The first kappa shape index (κ1) is 13.2. The molecule has 0 unspecified atom stereocenters. The molecular formula is C12H11N3O3S.